The lowest BCUT2D eigenvalue weighted by Gasteiger charge is -2.14. The fourth-order valence-corrected chi connectivity index (χ4v) is 3.70. The summed E-state index contributed by atoms with van der Waals surface area (Å²) in [6.45, 7) is 0. The number of hydrogen-bond donors (Lipinski definition) is 2. The fourth-order valence-electron chi connectivity index (χ4n) is 1.87. The minimum absolute atomic E-state index is 0.110. The van der Waals surface area contributed by atoms with Crippen molar-refractivity contribution in [1.29, 1.82) is 0 Å². The molecule has 0 spiro atoms. The van der Waals surface area contributed by atoms with Crippen LogP contribution in [0.4, 0.5) is 0 Å². The molecule has 0 bridgehead atoms. The van der Waals surface area contributed by atoms with Gasteiger partial charge in [-0.05, 0) is 18.1 Å². The van der Waals surface area contributed by atoms with Crippen molar-refractivity contribution in [1.82, 2.24) is 4.98 Å². The van der Waals surface area contributed by atoms with Gasteiger partial charge in [-0.3, -0.25) is 0 Å². The van der Waals surface area contributed by atoms with Gasteiger partial charge in [0.2, 0.25) is 0 Å². The van der Waals surface area contributed by atoms with Gasteiger partial charge in [0.05, 0.1) is 17.6 Å². The van der Waals surface area contributed by atoms with Crippen molar-refractivity contribution >= 4 is 9.84 Å². The number of H-pyrrole nitrogens is 1. The van der Waals surface area contributed by atoms with E-state index in [1.54, 1.807) is 18.5 Å². The predicted molar refractivity (Wildman–Crippen MR) is 52.5 cm³/mol. The summed E-state index contributed by atoms with van der Waals surface area (Å²) in [6.07, 6.45) is 3.34. The number of nitrogens with one attached hydrogen (secondary N) is 1. The van der Waals surface area contributed by atoms with Crippen LogP contribution in [0.25, 0.3) is 0 Å². The van der Waals surface area contributed by atoms with E-state index in [0.29, 0.717) is 6.42 Å². The third-order valence-electron chi connectivity index (χ3n) is 2.68. The molecule has 1 aliphatic heterocycles. The summed E-state index contributed by atoms with van der Waals surface area (Å²) in [5, 5.41) is 9.86. The van der Waals surface area contributed by atoms with E-state index < -0.39 is 15.9 Å². The summed E-state index contributed by atoms with van der Waals surface area (Å²) < 4.78 is 22.4. The molecule has 4 nitrogen and oxygen atoms in total. The molecule has 0 aliphatic carbocycles. The molecular weight excluding hydrogens is 202 g/mol. The Morgan fingerprint density at radius 1 is 1.57 bits per heavy atom. The highest BCUT2D eigenvalue weighted by molar-refractivity contribution is 7.91. The van der Waals surface area contributed by atoms with Crippen LogP contribution in [-0.4, -0.2) is 30.0 Å². The molecule has 0 saturated carbocycles. The lowest BCUT2D eigenvalue weighted by atomic mass is 9.97. The molecule has 5 heteroatoms. The first-order valence-electron chi connectivity index (χ1n) is 4.60. The number of aliphatic hydroxyl groups is 1. The van der Waals surface area contributed by atoms with Crippen molar-refractivity contribution in [3.8, 4) is 0 Å². The van der Waals surface area contributed by atoms with Gasteiger partial charge in [-0.25, -0.2) is 8.42 Å². The van der Waals surface area contributed by atoms with Crippen LogP contribution in [0.2, 0.25) is 0 Å². The fraction of sp³-hybridized carbons (Fsp3) is 0.556. The van der Waals surface area contributed by atoms with Crippen LogP contribution >= 0.6 is 0 Å². The zero-order chi connectivity index (χ0) is 10.2. The van der Waals surface area contributed by atoms with Crippen LogP contribution < -0.4 is 0 Å². The van der Waals surface area contributed by atoms with E-state index in [2.05, 4.69) is 4.98 Å². The third-order valence-corrected chi connectivity index (χ3v) is 4.47. The molecule has 1 aromatic rings. The average Bonchev–Trinajstić information content (AvgIpc) is 2.72. The van der Waals surface area contributed by atoms with E-state index in [-0.39, 0.29) is 17.4 Å². The first-order chi connectivity index (χ1) is 6.58. The second-order valence-electron chi connectivity index (χ2n) is 3.75. The summed E-state index contributed by atoms with van der Waals surface area (Å²) in [5.74, 6) is 0.175. The van der Waals surface area contributed by atoms with E-state index >= 15 is 0 Å². The Bertz CT molecular complexity index is 396. The Morgan fingerprint density at radius 3 is 2.86 bits per heavy atom. The van der Waals surface area contributed by atoms with Gasteiger partial charge < -0.3 is 10.1 Å². The van der Waals surface area contributed by atoms with Gasteiger partial charge in [0.25, 0.3) is 0 Å². The number of rotatable bonds is 2. The van der Waals surface area contributed by atoms with Gasteiger partial charge in [0.1, 0.15) is 0 Å². The Kier molecular flexibility index (Phi) is 2.36. The van der Waals surface area contributed by atoms with E-state index in [1.165, 1.54) is 0 Å². The second kappa shape index (κ2) is 3.40. The zero-order valence-corrected chi connectivity index (χ0v) is 8.50. The number of hydrogen-bond acceptors (Lipinski definition) is 3. The molecule has 1 aliphatic rings. The highest BCUT2D eigenvalue weighted by Gasteiger charge is 2.33. The maximum atomic E-state index is 11.2. The summed E-state index contributed by atoms with van der Waals surface area (Å²) in [6, 6.07) is 1.77. The van der Waals surface area contributed by atoms with Crippen LogP contribution in [0.5, 0.6) is 0 Å². The molecule has 1 aromatic heterocycles. The SMILES string of the molecule is O=S1(=O)CCC(C(O)c2cc[nH]c2)C1. The summed E-state index contributed by atoms with van der Waals surface area (Å²) in [7, 11) is -2.90. The maximum Gasteiger partial charge on any atom is 0.150 e. The van der Waals surface area contributed by atoms with E-state index in [9.17, 15) is 13.5 Å². The maximum absolute atomic E-state index is 11.2. The first-order valence-corrected chi connectivity index (χ1v) is 6.42. The van der Waals surface area contributed by atoms with Crippen LogP contribution in [0.15, 0.2) is 18.5 Å². The van der Waals surface area contributed by atoms with Gasteiger partial charge in [-0.15, -0.1) is 0 Å². The van der Waals surface area contributed by atoms with Crippen LogP contribution in [0, 0.1) is 5.92 Å². The molecule has 0 amide bonds. The Labute approximate surface area is 82.9 Å². The molecule has 1 fully saturated rings. The number of aromatic amines is 1. The number of aromatic nitrogens is 1. The lowest BCUT2D eigenvalue weighted by molar-refractivity contribution is 0.121. The molecule has 2 heterocycles. The van der Waals surface area contributed by atoms with Gasteiger partial charge in [-0.2, -0.15) is 0 Å². The molecule has 14 heavy (non-hydrogen) atoms. The lowest BCUT2D eigenvalue weighted by Crippen LogP contribution is -2.13. The van der Waals surface area contributed by atoms with E-state index in [1.807, 2.05) is 0 Å². The van der Waals surface area contributed by atoms with Crippen molar-refractivity contribution in [2.45, 2.75) is 12.5 Å². The van der Waals surface area contributed by atoms with Gasteiger partial charge >= 0.3 is 0 Å². The normalized spacial score (nSPS) is 27.6. The highest BCUT2D eigenvalue weighted by Crippen LogP contribution is 2.30. The average molecular weight is 215 g/mol. The van der Waals surface area contributed by atoms with Crippen molar-refractivity contribution in [3.63, 3.8) is 0 Å². The molecular formula is C9H13NO3S. The quantitative estimate of drug-likeness (QED) is 0.754. The van der Waals surface area contributed by atoms with E-state index in [0.717, 1.165) is 5.56 Å². The smallest absolute Gasteiger partial charge is 0.150 e. The monoisotopic (exact) mass is 215 g/mol. The predicted octanol–water partition coefficient (Wildman–Crippen LogP) is 0.483. The summed E-state index contributed by atoms with van der Waals surface area (Å²) >= 11 is 0. The second-order valence-corrected chi connectivity index (χ2v) is 5.98. The highest BCUT2D eigenvalue weighted by atomic mass is 32.2. The van der Waals surface area contributed by atoms with Crippen molar-refractivity contribution in [2.75, 3.05) is 11.5 Å². The minimum Gasteiger partial charge on any atom is -0.388 e. The minimum atomic E-state index is -2.90. The zero-order valence-electron chi connectivity index (χ0n) is 7.68. The van der Waals surface area contributed by atoms with Gasteiger partial charge in [-0.1, -0.05) is 0 Å². The molecule has 2 rings (SSSR count). The Morgan fingerprint density at radius 2 is 2.36 bits per heavy atom. The third kappa shape index (κ3) is 1.83. The number of sulfone groups is 1. The standard InChI is InChI=1S/C9H13NO3S/c11-9(7-1-3-10-5-7)8-2-4-14(12,13)6-8/h1,3,5,8-11H,2,4,6H2. The molecule has 0 radical (unpaired) electrons. The number of aliphatic hydroxyl groups excluding tert-OH is 1. The Hall–Kier alpha value is -0.810. The topological polar surface area (TPSA) is 70.2 Å². The van der Waals surface area contributed by atoms with Crippen LogP contribution in [0.1, 0.15) is 18.1 Å². The Balaban J connectivity index is 2.11. The molecule has 2 atom stereocenters. The first kappa shape index (κ1) is 9.73. The summed E-state index contributed by atoms with van der Waals surface area (Å²) in [4.78, 5) is 2.85. The van der Waals surface area contributed by atoms with Crippen molar-refractivity contribution in [2.24, 2.45) is 5.92 Å². The molecule has 2 unspecified atom stereocenters. The molecule has 1 saturated heterocycles. The van der Waals surface area contributed by atoms with Crippen LogP contribution in [0.3, 0.4) is 0 Å². The summed E-state index contributed by atoms with van der Waals surface area (Å²) in [5.41, 5.74) is 0.770. The van der Waals surface area contributed by atoms with Crippen LogP contribution in [-0.2, 0) is 9.84 Å². The molecule has 0 aromatic carbocycles. The van der Waals surface area contributed by atoms with Gasteiger partial charge in [0, 0.05) is 18.3 Å². The largest absolute Gasteiger partial charge is 0.388 e. The molecule has 78 valence electrons. The van der Waals surface area contributed by atoms with Crippen molar-refractivity contribution < 1.29 is 13.5 Å². The van der Waals surface area contributed by atoms with Gasteiger partial charge in [0.15, 0.2) is 9.84 Å². The van der Waals surface area contributed by atoms with E-state index in [4.69, 9.17) is 0 Å². The molecule has 2 N–H and O–H groups in total. The van der Waals surface area contributed by atoms with Crippen molar-refractivity contribution in [3.05, 3.63) is 24.0 Å².